The first kappa shape index (κ1) is 17.6. The number of alkyl halides is 3. The number of aliphatic imine (C=N–C) groups is 1. The highest BCUT2D eigenvalue weighted by molar-refractivity contribution is 6.38. The van der Waals surface area contributed by atoms with Crippen LogP contribution >= 0.6 is 23.2 Å². The topological polar surface area (TPSA) is 95.2 Å². The second-order valence-corrected chi connectivity index (χ2v) is 4.41. The molecule has 0 saturated heterocycles. The van der Waals surface area contributed by atoms with E-state index < -0.39 is 17.8 Å². The van der Waals surface area contributed by atoms with Crippen LogP contribution in [0.5, 0.6) is 5.75 Å². The van der Waals surface area contributed by atoms with Crippen LogP contribution in [0.15, 0.2) is 28.5 Å². The van der Waals surface area contributed by atoms with Crippen molar-refractivity contribution in [3.63, 3.8) is 0 Å². The van der Waals surface area contributed by atoms with E-state index in [1.165, 1.54) is 6.07 Å². The summed E-state index contributed by atoms with van der Waals surface area (Å²) in [5.41, 5.74) is 4.46. The Bertz CT molecular complexity index is 706. The summed E-state index contributed by atoms with van der Waals surface area (Å²) in [7, 11) is 0. The zero-order chi connectivity index (χ0) is 16.9. The third-order valence-electron chi connectivity index (χ3n) is 2.09. The summed E-state index contributed by atoms with van der Waals surface area (Å²) in [6.07, 6.45) is -3.88. The zero-order valence-electron chi connectivity index (χ0n) is 10.4. The molecule has 0 heterocycles. The van der Waals surface area contributed by atoms with Crippen molar-refractivity contribution in [2.75, 3.05) is 0 Å². The first-order chi connectivity index (χ1) is 10.2. The van der Waals surface area contributed by atoms with E-state index in [4.69, 9.17) is 39.5 Å². The van der Waals surface area contributed by atoms with Gasteiger partial charge in [-0.05, 0) is 12.1 Å². The molecule has 1 aromatic rings. The molecule has 0 amide bonds. The van der Waals surface area contributed by atoms with Gasteiger partial charge in [-0.2, -0.15) is 10.5 Å². The molecule has 114 valence electrons. The number of nitrogens with zero attached hydrogens (tertiary/aromatic N) is 3. The molecule has 0 bridgehead atoms. The molecule has 0 fully saturated rings. The highest BCUT2D eigenvalue weighted by atomic mass is 35.5. The molecule has 5 nitrogen and oxygen atoms in total. The van der Waals surface area contributed by atoms with Crippen molar-refractivity contribution < 1.29 is 17.9 Å². The number of nitriles is 2. The van der Waals surface area contributed by atoms with E-state index in [1.54, 1.807) is 6.07 Å². The number of halogens is 5. The zero-order valence-corrected chi connectivity index (χ0v) is 12.0. The molecule has 0 unspecified atom stereocenters. The van der Waals surface area contributed by atoms with Crippen LogP contribution in [0.4, 0.5) is 13.2 Å². The molecular formula is C12H5Cl2F3N4O. The van der Waals surface area contributed by atoms with Gasteiger partial charge in [0.2, 0.25) is 0 Å². The molecule has 1 rings (SSSR count). The molecule has 0 atom stereocenters. The van der Waals surface area contributed by atoms with Gasteiger partial charge in [-0.1, -0.05) is 23.2 Å². The minimum absolute atomic E-state index is 0.0383. The highest BCUT2D eigenvalue weighted by Crippen LogP contribution is 2.32. The lowest BCUT2D eigenvalue weighted by atomic mass is 10.2. The van der Waals surface area contributed by atoms with Crippen molar-refractivity contribution in [3.05, 3.63) is 39.1 Å². The van der Waals surface area contributed by atoms with Gasteiger partial charge < -0.3 is 10.5 Å². The number of benzene rings is 1. The highest BCUT2D eigenvalue weighted by Gasteiger charge is 2.31. The van der Waals surface area contributed by atoms with Crippen LogP contribution in [-0.2, 0) is 0 Å². The summed E-state index contributed by atoms with van der Waals surface area (Å²) >= 11 is 11.6. The minimum atomic E-state index is -4.89. The smallest absolute Gasteiger partial charge is 0.406 e. The average Bonchev–Trinajstić information content (AvgIpc) is 2.39. The molecular weight excluding hydrogens is 344 g/mol. The van der Waals surface area contributed by atoms with Crippen molar-refractivity contribution in [1.29, 1.82) is 10.5 Å². The maximum atomic E-state index is 12.1. The quantitative estimate of drug-likeness (QED) is 0.667. The number of ether oxygens (including phenoxy) is 1. The van der Waals surface area contributed by atoms with E-state index in [2.05, 4.69) is 9.73 Å². The van der Waals surface area contributed by atoms with Crippen LogP contribution in [-0.4, -0.2) is 12.6 Å². The molecule has 0 aliphatic heterocycles. The number of allylic oxidation sites excluding steroid dienone is 2. The van der Waals surface area contributed by atoms with Gasteiger partial charge in [0.1, 0.15) is 23.6 Å². The van der Waals surface area contributed by atoms with Gasteiger partial charge in [0.15, 0.2) is 5.70 Å². The molecule has 2 N–H and O–H groups in total. The van der Waals surface area contributed by atoms with E-state index in [9.17, 15) is 13.2 Å². The second-order valence-electron chi connectivity index (χ2n) is 3.59. The van der Waals surface area contributed by atoms with Gasteiger partial charge in [0.05, 0.1) is 10.0 Å². The molecule has 0 saturated carbocycles. The van der Waals surface area contributed by atoms with E-state index in [1.807, 2.05) is 0 Å². The molecule has 22 heavy (non-hydrogen) atoms. The predicted molar refractivity (Wildman–Crippen MR) is 73.2 cm³/mol. The molecule has 10 heteroatoms. The summed E-state index contributed by atoms with van der Waals surface area (Å²) < 4.78 is 40.0. The maximum Gasteiger partial charge on any atom is 0.573 e. The van der Waals surface area contributed by atoms with Gasteiger partial charge in [-0.25, -0.2) is 4.99 Å². The van der Waals surface area contributed by atoms with Crippen LogP contribution < -0.4 is 10.5 Å². The fourth-order valence-corrected chi connectivity index (χ4v) is 1.78. The molecule has 0 aliphatic rings. The van der Waals surface area contributed by atoms with Gasteiger partial charge in [-0.3, -0.25) is 0 Å². The molecule has 1 aromatic carbocycles. The van der Waals surface area contributed by atoms with Crippen LogP contribution in [0.3, 0.4) is 0 Å². The standard InChI is InChI=1S/C12H5Cl2F3N4O/c13-8-1-6(22-12(15,16)17)2-9(14)7(8)5-21-11(4-19)10(20)3-18/h1-2,5H,20H2/b11-10+,21-5?. The number of hydrogen-bond donors (Lipinski definition) is 1. The molecule has 0 radical (unpaired) electrons. The Hall–Kier alpha value is -2.42. The van der Waals surface area contributed by atoms with E-state index >= 15 is 0 Å². The lowest BCUT2D eigenvalue weighted by Crippen LogP contribution is -2.17. The van der Waals surface area contributed by atoms with E-state index in [0.717, 1.165) is 18.3 Å². The van der Waals surface area contributed by atoms with Crippen molar-refractivity contribution in [2.45, 2.75) is 6.36 Å². The Morgan fingerprint density at radius 2 is 1.77 bits per heavy atom. The first-order valence-electron chi connectivity index (χ1n) is 5.26. The third-order valence-corrected chi connectivity index (χ3v) is 2.72. The summed E-state index contributed by atoms with van der Waals surface area (Å²) in [5.74, 6) is -0.604. The first-order valence-corrected chi connectivity index (χ1v) is 6.02. The Kier molecular flexibility index (Phi) is 5.63. The van der Waals surface area contributed by atoms with Crippen molar-refractivity contribution in [1.82, 2.24) is 0 Å². The van der Waals surface area contributed by atoms with Crippen molar-refractivity contribution in [3.8, 4) is 17.9 Å². The Morgan fingerprint density at radius 1 is 1.23 bits per heavy atom. The SMILES string of the molecule is N#C/C(N)=C(/C#N)N=Cc1c(Cl)cc(OC(F)(F)F)cc1Cl. The monoisotopic (exact) mass is 348 g/mol. The Labute approximate surface area is 132 Å². The summed E-state index contributed by atoms with van der Waals surface area (Å²) in [4.78, 5) is 3.62. The Morgan fingerprint density at radius 3 is 2.18 bits per heavy atom. The summed E-state index contributed by atoms with van der Waals surface area (Å²) in [6.45, 7) is 0. The largest absolute Gasteiger partial charge is 0.573 e. The van der Waals surface area contributed by atoms with Gasteiger partial charge in [0.25, 0.3) is 0 Å². The van der Waals surface area contributed by atoms with Crippen LogP contribution in [0.2, 0.25) is 10.0 Å². The van der Waals surface area contributed by atoms with Crippen molar-refractivity contribution >= 4 is 29.4 Å². The Balaban J connectivity index is 3.19. The fourth-order valence-electron chi connectivity index (χ4n) is 1.22. The minimum Gasteiger partial charge on any atom is -0.406 e. The normalized spacial score (nSPS) is 12.5. The molecule has 0 aromatic heterocycles. The van der Waals surface area contributed by atoms with E-state index in [0.29, 0.717) is 0 Å². The fraction of sp³-hybridized carbons (Fsp3) is 0.0833. The molecule has 0 aliphatic carbocycles. The lowest BCUT2D eigenvalue weighted by molar-refractivity contribution is -0.274. The summed E-state index contributed by atoms with van der Waals surface area (Å²) in [6, 6.07) is 4.87. The third kappa shape index (κ3) is 4.85. The van der Waals surface area contributed by atoms with Crippen LogP contribution in [0.1, 0.15) is 5.56 Å². The van der Waals surface area contributed by atoms with Gasteiger partial charge in [0, 0.05) is 11.8 Å². The van der Waals surface area contributed by atoms with Crippen LogP contribution in [0.25, 0.3) is 0 Å². The average molecular weight is 349 g/mol. The number of hydrogen-bond acceptors (Lipinski definition) is 5. The predicted octanol–water partition coefficient (Wildman–Crippen LogP) is 3.53. The van der Waals surface area contributed by atoms with E-state index in [-0.39, 0.29) is 21.3 Å². The number of nitrogens with two attached hydrogens (primary N) is 1. The summed E-state index contributed by atoms with van der Waals surface area (Å²) in [5, 5.41) is 16.9. The van der Waals surface area contributed by atoms with Gasteiger partial charge >= 0.3 is 6.36 Å². The lowest BCUT2D eigenvalue weighted by Gasteiger charge is -2.10. The second kappa shape index (κ2) is 7.03. The van der Waals surface area contributed by atoms with Crippen LogP contribution in [0, 0.1) is 22.7 Å². The van der Waals surface area contributed by atoms with Crippen molar-refractivity contribution in [2.24, 2.45) is 10.7 Å². The maximum absolute atomic E-state index is 12.1. The number of rotatable bonds is 3. The molecule has 0 spiro atoms. The van der Waals surface area contributed by atoms with Gasteiger partial charge in [-0.15, -0.1) is 13.2 Å².